The van der Waals surface area contributed by atoms with Crippen molar-refractivity contribution in [3.8, 4) is 17.1 Å². The van der Waals surface area contributed by atoms with Gasteiger partial charge in [0.2, 0.25) is 5.91 Å². The maximum atomic E-state index is 12.7. The Morgan fingerprint density at radius 1 is 1.06 bits per heavy atom. The Morgan fingerprint density at radius 2 is 1.75 bits per heavy atom. The lowest BCUT2D eigenvalue weighted by Crippen LogP contribution is -2.51. The van der Waals surface area contributed by atoms with E-state index in [-0.39, 0.29) is 18.2 Å². The Morgan fingerprint density at radius 3 is 2.31 bits per heavy atom. The van der Waals surface area contributed by atoms with Crippen molar-refractivity contribution >= 4 is 35.6 Å². The summed E-state index contributed by atoms with van der Waals surface area (Å²) < 4.78 is 29.8. The van der Waals surface area contributed by atoms with Gasteiger partial charge in [0.05, 0.1) is 30.5 Å². The lowest BCUT2D eigenvalue weighted by Gasteiger charge is -2.37. The number of nitrogens with two attached hydrogens (primary N) is 1. The number of anilines is 1. The van der Waals surface area contributed by atoms with Crippen molar-refractivity contribution in [3.63, 3.8) is 0 Å². The molecule has 2 N–H and O–H groups in total. The van der Waals surface area contributed by atoms with Crippen LogP contribution < -0.4 is 20.4 Å². The molecule has 0 unspecified atom stereocenters. The summed E-state index contributed by atoms with van der Waals surface area (Å²) in [7, 11) is 0. The number of piperazine rings is 1. The SMILES string of the molecule is Cl.NC(=O)c1ccc(-c2ccnn2N2CCN(c3ccc(OC(F)(F)Cl)cc3)CC2)nc1. The van der Waals surface area contributed by atoms with Crippen molar-refractivity contribution in [2.24, 2.45) is 5.73 Å². The molecule has 0 bridgehead atoms. The van der Waals surface area contributed by atoms with Gasteiger partial charge in [-0.15, -0.1) is 21.2 Å². The first kappa shape index (κ1) is 23.6. The highest BCUT2D eigenvalue weighted by Crippen LogP contribution is 2.27. The lowest BCUT2D eigenvalue weighted by molar-refractivity contribution is -0.0964. The highest BCUT2D eigenvalue weighted by molar-refractivity contribution is 6.20. The molecule has 0 aliphatic carbocycles. The largest absolute Gasteiger partial charge is 0.487 e. The molecule has 12 heteroatoms. The van der Waals surface area contributed by atoms with Crippen LogP contribution in [-0.4, -0.2) is 52.5 Å². The maximum Gasteiger partial charge on any atom is 0.487 e. The van der Waals surface area contributed by atoms with Crippen LogP contribution in [0.15, 0.2) is 54.9 Å². The van der Waals surface area contributed by atoms with Crippen LogP contribution in [0.2, 0.25) is 0 Å². The topological polar surface area (TPSA) is 89.5 Å². The van der Waals surface area contributed by atoms with E-state index in [1.807, 2.05) is 6.07 Å². The quantitative estimate of drug-likeness (QED) is 0.540. The van der Waals surface area contributed by atoms with E-state index in [4.69, 9.17) is 17.3 Å². The van der Waals surface area contributed by atoms with Crippen molar-refractivity contribution in [1.29, 1.82) is 0 Å². The Hall–Kier alpha value is -3.11. The normalized spacial score (nSPS) is 14.1. The number of primary amides is 1. The summed E-state index contributed by atoms with van der Waals surface area (Å²) in [6, 6.07) is 11.6. The van der Waals surface area contributed by atoms with Crippen LogP contribution >= 0.6 is 24.0 Å². The minimum absolute atomic E-state index is 0. The highest BCUT2D eigenvalue weighted by atomic mass is 35.5. The zero-order valence-electron chi connectivity index (χ0n) is 16.7. The predicted octanol–water partition coefficient (Wildman–Crippen LogP) is 3.09. The number of hydrogen-bond acceptors (Lipinski definition) is 6. The predicted molar refractivity (Wildman–Crippen MR) is 119 cm³/mol. The zero-order chi connectivity index (χ0) is 22.0. The van der Waals surface area contributed by atoms with Gasteiger partial charge in [-0.05, 0) is 42.5 Å². The minimum atomic E-state index is -3.73. The molecule has 0 saturated carbocycles. The number of alkyl halides is 3. The molecule has 170 valence electrons. The molecule has 3 heterocycles. The van der Waals surface area contributed by atoms with Crippen LogP contribution in [0.1, 0.15) is 10.4 Å². The van der Waals surface area contributed by atoms with Gasteiger partial charge in [0, 0.05) is 36.6 Å². The second kappa shape index (κ2) is 9.58. The number of amides is 1. The minimum Gasteiger partial charge on any atom is -0.420 e. The van der Waals surface area contributed by atoms with E-state index in [1.165, 1.54) is 18.3 Å². The van der Waals surface area contributed by atoms with E-state index in [0.29, 0.717) is 37.4 Å². The van der Waals surface area contributed by atoms with E-state index in [9.17, 15) is 13.6 Å². The third-order valence-electron chi connectivity index (χ3n) is 4.89. The molecule has 4 rings (SSSR count). The van der Waals surface area contributed by atoms with Gasteiger partial charge in [0.1, 0.15) is 11.4 Å². The Kier molecular flexibility index (Phi) is 7.05. The van der Waals surface area contributed by atoms with Crippen molar-refractivity contribution < 1.29 is 18.3 Å². The van der Waals surface area contributed by atoms with E-state index >= 15 is 0 Å². The first-order valence-electron chi connectivity index (χ1n) is 9.46. The molecule has 1 amide bonds. The Labute approximate surface area is 193 Å². The third-order valence-corrected chi connectivity index (χ3v) is 4.97. The standard InChI is InChI=1S/C20H19ClF2N6O2.ClH/c21-20(22,23)31-16-4-2-15(3-5-16)27-9-11-28(12-10-27)29-18(7-8-26-29)17-6-1-14(13-25-17)19(24)30;/h1-8,13H,9-12H2,(H2,24,30);1H. The summed E-state index contributed by atoms with van der Waals surface area (Å²) in [6.45, 7) is 2.79. The van der Waals surface area contributed by atoms with Gasteiger partial charge >= 0.3 is 5.57 Å². The monoisotopic (exact) mass is 484 g/mol. The molecule has 3 aromatic rings. The fourth-order valence-corrected chi connectivity index (χ4v) is 3.49. The number of halogens is 4. The summed E-state index contributed by atoms with van der Waals surface area (Å²) in [5.41, 5.74) is 4.25. The van der Waals surface area contributed by atoms with Gasteiger partial charge in [-0.1, -0.05) is 0 Å². The smallest absolute Gasteiger partial charge is 0.420 e. The number of ether oxygens (including phenoxy) is 1. The number of hydrogen-bond donors (Lipinski definition) is 1. The van der Waals surface area contributed by atoms with Crippen LogP contribution in [0.4, 0.5) is 14.5 Å². The number of nitrogens with zero attached hydrogens (tertiary/aromatic N) is 5. The van der Waals surface area contributed by atoms with Gasteiger partial charge in [0.15, 0.2) is 0 Å². The molecule has 1 aromatic carbocycles. The molecule has 1 saturated heterocycles. The lowest BCUT2D eigenvalue weighted by atomic mass is 10.2. The second-order valence-corrected chi connectivity index (χ2v) is 7.32. The van der Waals surface area contributed by atoms with E-state index in [0.717, 1.165) is 11.4 Å². The van der Waals surface area contributed by atoms with Crippen LogP contribution in [0.5, 0.6) is 5.75 Å². The summed E-state index contributed by atoms with van der Waals surface area (Å²) >= 11 is 4.79. The third kappa shape index (κ3) is 5.38. The molecule has 1 aliphatic rings. The van der Waals surface area contributed by atoms with E-state index in [1.54, 1.807) is 35.3 Å². The van der Waals surface area contributed by atoms with Gasteiger partial charge in [0.25, 0.3) is 0 Å². The number of carbonyl (C=O) groups excluding carboxylic acids is 1. The number of carbonyl (C=O) groups is 1. The van der Waals surface area contributed by atoms with Crippen LogP contribution in [0.25, 0.3) is 11.4 Å². The fourth-order valence-electron chi connectivity index (χ4n) is 3.40. The number of aromatic nitrogens is 3. The van der Waals surface area contributed by atoms with Crippen LogP contribution in [0.3, 0.4) is 0 Å². The number of pyridine rings is 1. The van der Waals surface area contributed by atoms with Crippen LogP contribution in [0, 0.1) is 0 Å². The number of benzene rings is 1. The molecule has 8 nitrogen and oxygen atoms in total. The van der Waals surface area contributed by atoms with Gasteiger partial charge in [-0.25, -0.2) is 0 Å². The average molecular weight is 485 g/mol. The molecule has 1 aliphatic heterocycles. The van der Waals surface area contributed by atoms with Gasteiger partial charge in [-0.3, -0.25) is 14.8 Å². The molecule has 1 fully saturated rings. The van der Waals surface area contributed by atoms with E-state index in [2.05, 4.69) is 24.7 Å². The molecule has 0 radical (unpaired) electrons. The Bertz CT molecular complexity index is 1050. The molecule has 32 heavy (non-hydrogen) atoms. The van der Waals surface area contributed by atoms with Gasteiger partial charge in [-0.2, -0.15) is 9.89 Å². The average Bonchev–Trinajstić information content (AvgIpc) is 3.23. The molecule has 2 aromatic heterocycles. The van der Waals surface area contributed by atoms with Crippen molar-refractivity contribution in [2.45, 2.75) is 5.57 Å². The van der Waals surface area contributed by atoms with Crippen molar-refractivity contribution in [2.75, 3.05) is 36.1 Å². The van der Waals surface area contributed by atoms with Crippen molar-refractivity contribution in [3.05, 3.63) is 60.4 Å². The first-order chi connectivity index (χ1) is 14.8. The number of rotatable bonds is 6. The molecule has 0 spiro atoms. The second-order valence-electron chi connectivity index (χ2n) is 6.88. The first-order valence-corrected chi connectivity index (χ1v) is 9.84. The van der Waals surface area contributed by atoms with Gasteiger partial charge < -0.3 is 15.4 Å². The fraction of sp³-hybridized carbons (Fsp3) is 0.250. The van der Waals surface area contributed by atoms with Crippen molar-refractivity contribution in [1.82, 2.24) is 14.9 Å². The summed E-state index contributed by atoms with van der Waals surface area (Å²) in [5.74, 6) is -0.530. The molecular weight excluding hydrogens is 465 g/mol. The molecular formula is C20H20Cl2F2N6O2. The zero-order valence-corrected chi connectivity index (χ0v) is 18.3. The highest BCUT2D eigenvalue weighted by Gasteiger charge is 2.27. The maximum absolute atomic E-state index is 12.7. The van der Waals surface area contributed by atoms with Crippen LogP contribution in [-0.2, 0) is 0 Å². The van der Waals surface area contributed by atoms with E-state index < -0.39 is 11.5 Å². The Balaban J connectivity index is 0.00000289. The summed E-state index contributed by atoms with van der Waals surface area (Å²) in [4.78, 5) is 19.5. The summed E-state index contributed by atoms with van der Waals surface area (Å²) in [5, 5.41) is 6.49. The summed E-state index contributed by atoms with van der Waals surface area (Å²) in [6.07, 6.45) is 3.14. The molecule has 0 atom stereocenters.